The molecule has 0 spiro atoms. The van der Waals surface area contributed by atoms with Crippen LogP contribution in [0.4, 0.5) is 0 Å². The van der Waals surface area contributed by atoms with Gasteiger partial charge in [0.25, 0.3) is 0 Å². The summed E-state index contributed by atoms with van der Waals surface area (Å²) in [5.74, 6) is 0.573. The molecule has 150 valence electrons. The molecule has 31 heavy (non-hydrogen) atoms. The van der Waals surface area contributed by atoms with Crippen LogP contribution in [-0.2, 0) is 0 Å². The van der Waals surface area contributed by atoms with Gasteiger partial charge in [0.2, 0.25) is 0 Å². The van der Waals surface area contributed by atoms with Gasteiger partial charge in [-0.05, 0) is 40.6 Å². The molecule has 0 amide bonds. The normalized spacial score (nSPS) is 10.4. The first-order valence-electron chi connectivity index (χ1n) is 10.1. The number of nitrogens with zero attached hydrogens (tertiary/aromatic N) is 3. The molecule has 0 saturated carbocycles. The lowest BCUT2D eigenvalue weighted by molar-refractivity contribution is 1.15. The summed E-state index contributed by atoms with van der Waals surface area (Å²) in [7, 11) is 0. The smallest absolute Gasteiger partial charge is 0.178 e. The van der Waals surface area contributed by atoms with Gasteiger partial charge in [0, 0.05) is 29.5 Å². The Bertz CT molecular complexity index is 1310. The second-order valence-corrected chi connectivity index (χ2v) is 7.11. The minimum Gasteiger partial charge on any atom is -0.252 e. The van der Waals surface area contributed by atoms with E-state index in [0.29, 0.717) is 11.5 Å². The van der Waals surface area contributed by atoms with Gasteiger partial charge in [0.1, 0.15) is 5.69 Å². The number of hydrogen-bond donors (Lipinski definition) is 0. The maximum absolute atomic E-state index is 4.74. The van der Waals surface area contributed by atoms with E-state index in [9.17, 15) is 0 Å². The van der Waals surface area contributed by atoms with Crippen LogP contribution in [0, 0.1) is 6.92 Å². The predicted molar refractivity (Wildman–Crippen MR) is 131 cm³/mol. The zero-order valence-electron chi connectivity index (χ0n) is 17.5. The largest absolute Gasteiger partial charge is 0.252 e. The van der Waals surface area contributed by atoms with Crippen LogP contribution in [0.3, 0.4) is 0 Å². The molecule has 3 nitrogen and oxygen atoms in total. The van der Waals surface area contributed by atoms with Crippen LogP contribution in [0.1, 0.15) is 16.7 Å². The third kappa shape index (κ3) is 4.12. The van der Waals surface area contributed by atoms with Crippen LogP contribution in [0.25, 0.3) is 45.6 Å². The topological polar surface area (TPSA) is 38.7 Å². The van der Waals surface area contributed by atoms with Crippen molar-refractivity contribution in [1.82, 2.24) is 15.0 Å². The molecule has 2 heterocycles. The quantitative estimate of drug-likeness (QED) is 0.367. The van der Waals surface area contributed by atoms with Gasteiger partial charge < -0.3 is 0 Å². The maximum Gasteiger partial charge on any atom is 0.178 e. The van der Waals surface area contributed by atoms with E-state index in [2.05, 4.69) is 42.2 Å². The first kappa shape index (κ1) is 20.2. The Morgan fingerprint density at radius 2 is 1.42 bits per heavy atom. The minimum absolute atomic E-state index is 0.573. The Balaban J connectivity index is 2.03. The van der Waals surface area contributed by atoms with Crippen molar-refractivity contribution >= 4 is 22.9 Å². The molecule has 0 aliphatic carbocycles. The summed E-state index contributed by atoms with van der Waals surface area (Å²) < 4.78 is 0. The van der Waals surface area contributed by atoms with E-state index in [1.165, 1.54) is 0 Å². The summed E-state index contributed by atoms with van der Waals surface area (Å²) in [6.45, 7) is 10.1. The average Bonchev–Trinajstić information content (AvgIpc) is 2.83. The summed E-state index contributed by atoms with van der Waals surface area (Å²) in [6.07, 6.45) is 9.18. The van der Waals surface area contributed by atoms with Crippen molar-refractivity contribution < 1.29 is 0 Å². The van der Waals surface area contributed by atoms with Crippen LogP contribution in [0.5, 0.6) is 0 Å². The lowest BCUT2D eigenvalue weighted by Gasteiger charge is -2.10. The highest BCUT2D eigenvalue weighted by Crippen LogP contribution is 2.31. The standard InChI is InChI=1S/C28H23N3/c1-4-21-15-16-25-26(24(21)5-2)20(3)12-8-7-11-17-29-27(25)28-30-18-23(19-31-28)22-13-9-6-10-14-22/h4-19H,1-2H2,3H3. The van der Waals surface area contributed by atoms with Crippen LogP contribution in [-0.4, -0.2) is 15.0 Å². The van der Waals surface area contributed by atoms with Gasteiger partial charge >= 0.3 is 0 Å². The second-order valence-electron chi connectivity index (χ2n) is 7.11. The molecule has 3 heteroatoms. The number of fused-ring (bicyclic) bond motifs is 1. The molecule has 0 atom stereocenters. The number of rotatable bonds is 4. The van der Waals surface area contributed by atoms with E-state index in [-0.39, 0.29) is 0 Å². The van der Waals surface area contributed by atoms with Gasteiger partial charge in [-0.2, -0.15) is 0 Å². The Labute approximate surface area is 182 Å². The molecule has 2 aromatic carbocycles. The van der Waals surface area contributed by atoms with E-state index >= 15 is 0 Å². The van der Waals surface area contributed by atoms with Gasteiger partial charge in [-0.25, -0.2) is 9.97 Å². The SMILES string of the molecule is C=Cc1ccc2c(-c3ncc(-c4ccccc4)cn3)ncccccc(C)c2c1C=C. The molecule has 0 radical (unpaired) electrons. The van der Waals surface area contributed by atoms with E-state index in [1.807, 2.05) is 79.1 Å². The highest BCUT2D eigenvalue weighted by Gasteiger charge is 2.12. The summed E-state index contributed by atoms with van der Waals surface area (Å²) in [6, 6.07) is 22.2. The van der Waals surface area contributed by atoms with Crippen molar-refractivity contribution in [2.45, 2.75) is 6.92 Å². The molecule has 0 aliphatic heterocycles. The van der Waals surface area contributed by atoms with Gasteiger partial charge in [0.15, 0.2) is 5.82 Å². The van der Waals surface area contributed by atoms with E-state index < -0.39 is 0 Å². The van der Waals surface area contributed by atoms with Crippen LogP contribution in [0.15, 0.2) is 98.5 Å². The zero-order valence-corrected chi connectivity index (χ0v) is 17.5. The Kier molecular flexibility index (Phi) is 5.95. The number of aromatic nitrogens is 3. The molecular formula is C28H23N3. The molecule has 0 fully saturated rings. The number of benzene rings is 2. The highest BCUT2D eigenvalue weighted by molar-refractivity contribution is 6.01. The second kappa shape index (κ2) is 9.14. The summed E-state index contributed by atoms with van der Waals surface area (Å²) in [5.41, 5.74) is 5.91. The summed E-state index contributed by atoms with van der Waals surface area (Å²) >= 11 is 0. The molecule has 0 unspecified atom stereocenters. The van der Waals surface area contributed by atoms with Crippen molar-refractivity contribution in [3.8, 4) is 22.6 Å². The van der Waals surface area contributed by atoms with Crippen LogP contribution in [0.2, 0.25) is 0 Å². The molecule has 2 aromatic heterocycles. The molecule has 0 aliphatic rings. The minimum atomic E-state index is 0.573. The first-order valence-corrected chi connectivity index (χ1v) is 10.1. The predicted octanol–water partition coefficient (Wildman–Crippen LogP) is 7.08. The third-order valence-electron chi connectivity index (χ3n) is 5.18. The van der Waals surface area contributed by atoms with Crippen molar-refractivity contribution in [3.63, 3.8) is 0 Å². The number of hydrogen-bond acceptors (Lipinski definition) is 3. The third-order valence-corrected chi connectivity index (χ3v) is 5.18. The Morgan fingerprint density at radius 1 is 0.710 bits per heavy atom. The maximum atomic E-state index is 4.74. The van der Waals surface area contributed by atoms with E-state index in [1.54, 1.807) is 6.20 Å². The monoisotopic (exact) mass is 401 g/mol. The van der Waals surface area contributed by atoms with Crippen LogP contribution < -0.4 is 0 Å². The van der Waals surface area contributed by atoms with Gasteiger partial charge in [-0.15, -0.1) is 0 Å². The molecular weight excluding hydrogens is 378 g/mol. The van der Waals surface area contributed by atoms with E-state index in [0.717, 1.165) is 38.6 Å². The fourth-order valence-corrected chi connectivity index (χ4v) is 3.65. The fourth-order valence-electron chi connectivity index (χ4n) is 3.65. The fraction of sp³-hybridized carbons (Fsp3) is 0.0357. The lowest BCUT2D eigenvalue weighted by Crippen LogP contribution is -1.94. The lowest BCUT2D eigenvalue weighted by atomic mass is 9.96. The summed E-state index contributed by atoms with van der Waals surface area (Å²) in [5, 5.41) is 2.02. The Morgan fingerprint density at radius 3 is 2.13 bits per heavy atom. The highest BCUT2D eigenvalue weighted by atomic mass is 14.9. The molecule has 4 rings (SSSR count). The molecule has 4 aromatic rings. The number of aryl methyl sites for hydroxylation is 1. The average molecular weight is 402 g/mol. The van der Waals surface area contributed by atoms with Crippen molar-refractivity contribution in [2.24, 2.45) is 0 Å². The van der Waals surface area contributed by atoms with Gasteiger partial charge in [0.05, 0.1) is 0 Å². The van der Waals surface area contributed by atoms with Crippen molar-refractivity contribution in [3.05, 3.63) is 115 Å². The van der Waals surface area contributed by atoms with Crippen LogP contribution >= 0.6 is 0 Å². The van der Waals surface area contributed by atoms with Crippen molar-refractivity contribution in [2.75, 3.05) is 0 Å². The van der Waals surface area contributed by atoms with E-state index in [4.69, 9.17) is 4.98 Å². The Hall–Kier alpha value is -4.11. The molecule has 0 bridgehead atoms. The molecule has 0 N–H and O–H groups in total. The van der Waals surface area contributed by atoms with Gasteiger partial charge in [-0.1, -0.05) is 86.0 Å². The summed E-state index contributed by atoms with van der Waals surface area (Å²) in [4.78, 5) is 14.1. The van der Waals surface area contributed by atoms with Gasteiger partial charge in [-0.3, -0.25) is 4.98 Å². The first-order chi connectivity index (χ1) is 15.2. The zero-order chi connectivity index (χ0) is 21.6. The molecule has 0 saturated heterocycles. The van der Waals surface area contributed by atoms with Crippen molar-refractivity contribution in [1.29, 1.82) is 0 Å².